The second-order valence-electron chi connectivity index (χ2n) is 9.32. The highest BCUT2D eigenvalue weighted by molar-refractivity contribution is 5.07. The summed E-state index contributed by atoms with van der Waals surface area (Å²) < 4.78 is 18.1. The van der Waals surface area contributed by atoms with Gasteiger partial charge in [0.15, 0.2) is 5.79 Å². The maximum absolute atomic E-state index is 9.49. The minimum atomic E-state index is -0.648. The summed E-state index contributed by atoms with van der Waals surface area (Å²) in [5.41, 5.74) is 2.39. The fraction of sp³-hybridized carbons (Fsp3) is 0.750. The van der Waals surface area contributed by atoms with Crippen LogP contribution >= 0.6 is 0 Å². The summed E-state index contributed by atoms with van der Waals surface area (Å²) in [5.74, 6) is 0.222. The molecule has 6 atom stereocenters. The number of hydrogen-bond acceptors (Lipinski definition) is 4. The van der Waals surface area contributed by atoms with Crippen LogP contribution in [0.25, 0.3) is 0 Å². The van der Waals surface area contributed by atoms with Crippen LogP contribution in [-0.2, 0) is 14.2 Å². The Balaban J connectivity index is 1.82. The molecule has 2 aliphatic heterocycles. The van der Waals surface area contributed by atoms with Crippen molar-refractivity contribution in [3.63, 3.8) is 0 Å². The van der Waals surface area contributed by atoms with Crippen molar-refractivity contribution in [3.05, 3.63) is 36.5 Å². The molecule has 0 radical (unpaired) electrons. The number of hydrogen-bond donors (Lipinski definition) is 1. The molecule has 0 aromatic carbocycles. The van der Waals surface area contributed by atoms with Gasteiger partial charge < -0.3 is 19.3 Å². The first-order chi connectivity index (χ1) is 13.1. The first-order valence-corrected chi connectivity index (χ1v) is 10.7. The van der Waals surface area contributed by atoms with Gasteiger partial charge in [-0.15, -0.1) is 0 Å². The van der Waals surface area contributed by atoms with Crippen LogP contribution in [0.2, 0.25) is 0 Å². The smallest absolute Gasteiger partial charge is 0.163 e. The molecular weight excluding hydrogens is 352 g/mol. The van der Waals surface area contributed by atoms with Crippen LogP contribution in [0.4, 0.5) is 0 Å². The lowest BCUT2D eigenvalue weighted by molar-refractivity contribution is -0.305. The first kappa shape index (κ1) is 23.3. The monoisotopic (exact) mass is 392 g/mol. The van der Waals surface area contributed by atoms with Crippen molar-refractivity contribution < 1.29 is 19.3 Å². The van der Waals surface area contributed by atoms with Crippen LogP contribution in [0, 0.1) is 11.8 Å². The molecule has 0 amide bonds. The molecule has 0 aromatic heterocycles. The van der Waals surface area contributed by atoms with E-state index in [-0.39, 0.29) is 31.0 Å². The summed E-state index contributed by atoms with van der Waals surface area (Å²) in [7, 11) is 0. The summed E-state index contributed by atoms with van der Waals surface area (Å²) in [5, 5.41) is 9.49. The van der Waals surface area contributed by atoms with Gasteiger partial charge in [0.2, 0.25) is 0 Å². The Morgan fingerprint density at radius 2 is 1.86 bits per heavy atom. The molecule has 0 aromatic rings. The molecule has 4 nitrogen and oxygen atoms in total. The lowest BCUT2D eigenvalue weighted by Crippen LogP contribution is -2.46. The average molecular weight is 393 g/mol. The fourth-order valence-corrected chi connectivity index (χ4v) is 4.26. The van der Waals surface area contributed by atoms with Crippen molar-refractivity contribution in [2.75, 3.05) is 6.61 Å². The fourth-order valence-electron chi connectivity index (χ4n) is 4.26. The molecule has 0 bridgehead atoms. The van der Waals surface area contributed by atoms with E-state index in [0.29, 0.717) is 11.8 Å². The normalized spacial score (nSPS) is 33.9. The minimum absolute atomic E-state index is 0.0344. The van der Waals surface area contributed by atoms with Crippen LogP contribution in [0.1, 0.15) is 66.7 Å². The Labute approximate surface area is 171 Å². The Hall–Kier alpha value is -0.940. The second-order valence-corrected chi connectivity index (χ2v) is 9.32. The molecule has 2 rings (SSSR count). The third-order valence-electron chi connectivity index (χ3n) is 5.77. The lowest BCUT2D eigenvalue weighted by atomic mass is 9.88. The van der Waals surface area contributed by atoms with Gasteiger partial charge in [0.1, 0.15) is 0 Å². The summed E-state index contributed by atoms with van der Waals surface area (Å²) in [6.07, 6.45) is 9.22. The molecule has 2 fully saturated rings. The van der Waals surface area contributed by atoms with Gasteiger partial charge in [-0.05, 0) is 58.3 Å². The lowest BCUT2D eigenvalue weighted by Gasteiger charge is -2.41. The topological polar surface area (TPSA) is 47.9 Å². The number of ether oxygens (including phenoxy) is 3. The van der Waals surface area contributed by atoms with Gasteiger partial charge in [-0.2, -0.15) is 0 Å². The molecule has 2 aliphatic rings. The van der Waals surface area contributed by atoms with E-state index in [1.54, 1.807) is 0 Å². The van der Waals surface area contributed by atoms with Crippen molar-refractivity contribution >= 4 is 0 Å². The van der Waals surface area contributed by atoms with Gasteiger partial charge in [0.25, 0.3) is 0 Å². The summed E-state index contributed by atoms with van der Waals surface area (Å²) in [4.78, 5) is 0. The van der Waals surface area contributed by atoms with Gasteiger partial charge in [0.05, 0.1) is 31.0 Å². The standard InChI is InChI=1S/C24H40O4/c1-16(2)9-8-10-23-19(5)13-20(26-23)11-17(3)18(4)12-21-14-22(15-25)28-24(6,7)27-21/h8,10,18-23,25H,1,3,9,11-15H2,2,4-7H3/b10-8-/t18?,19-,20+,21-,22-,23-/m1/s1. The van der Waals surface area contributed by atoms with Gasteiger partial charge >= 0.3 is 0 Å². The maximum Gasteiger partial charge on any atom is 0.163 e. The SMILES string of the molecule is C=C(C)C/C=C\[C@H]1O[C@@H](CC(=C)C(C)C[C@@H]2C[C@H](CO)OC(C)(C)O2)C[C@H]1C. The van der Waals surface area contributed by atoms with E-state index in [9.17, 15) is 5.11 Å². The van der Waals surface area contributed by atoms with E-state index in [4.69, 9.17) is 14.2 Å². The Bertz CT molecular complexity index is 565. The average Bonchev–Trinajstić information content (AvgIpc) is 2.92. The molecule has 4 heteroatoms. The Kier molecular flexibility index (Phi) is 8.50. The van der Waals surface area contributed by atoms with E-state index >= 15 is 0 Å². The molecule has 2 saturated heterocycles. The number of aliphatic hydroxyl groups excluding tert-OH is 1. The molecule has 0 saturated carbocycles. The quantitative estimate of drug-likeness (QED) is 0.550. The predicted octanol–water partition coefficient (Wildman–Crippen LogP) is 5.18. The molecular formula is C24H40O4. The van der Waals surface area contributed by atoms with Crippen LogP contribution in [0.15, 0.2) is 36.5 Å². The zero-order valence-electron chi connectivity index (χ0n) is 18.4. The zero-order valence-corrected chi connectivity index (χ0v) is 18.4. The molecule has 0 aliphatic carbocycles. The Morgan fingerprint density at radius 3 is 2.50 bits per heavy atom. The van der Waals surface area contributed by atoms with Gasteiger partial charge in [0, 0.05) is 6.42 Å². The number of rotatable bonds is 9. The molecule has 2 heterocycles. The predicted molar refractivity (Wildman–Crippen MR) is 114 cm³/mol. The van der Waals surface area contributed by atoms with E-state index < -0.39 is 5.79 Å². The van der Waals surface area contributed by atoms with Crippen molar-refractivity contribution in [3.8, 4) is 0 Å². The highest BCUT2D eigenvalue weighted by Crippen LogP contribution is 2.35. The van der Waals surface area contributed by atoms with Gasteiger partial charge in [-0.25, -0.2) is 0 Å². The van der Waals surface area contributed by atoms with E-state index in [1.165, 1.54) is 11.1 Å². The number of aliphatic hydroxyl groups is 1. The van der Waals surface area contributed by atoms with Crippen molar-refractivity contribution in [1.82, 2.24) is 0 Å². The second kappa shape index (κ2) is 10.2. The summed E-state index contributed by atoms with van der Waals surface area (Å²) >= 11 is 0. The molecule has 160 valence electrons. The largest absolute Gasteiger partial charge is 0.394 e. The van der Waals surface area contributed by atoms with Crippen molar-refractivity contribution in [2.24, 2.45) is 11.8 Å². The van der Waals surface area contributed by atoms with E-state index in [1.807, 2.05) is 20.8 Å². The Morgan fingerprint density at radius 1 is 1.18 bits per heavy atom. The highest BCUT2D eigenvalue weighted by Gasteiger charge is 2.36. The zero-order chi connectivity index (χ0) is 20.9. The summed E-state index contributed by atoms with van der Waals surface area (Å²) in [6.45, 7) is 18.7. The first-order valence-electron chi connectivity index (χ1n) is 10.7. The highest BCUT2D eigenvalue weighted by atomic mass is 16.7. The summed E-state index contributed by atoms with van der Waals surface area (Å²) in [6, 6.07) is 0. The molecule has 28 heavy (non-hydrogen) atoms. The maximum atomic E-state index is 9.49. The van der Waals surface area contributed by atoms with Crippen molar-refractivity contribution in [2.45, 2.75) is 96.9 Å². The van der Waals surface area contributed by atoms with Gasteiger partial charge in [-0.3, -0.25) is 0 Å². The molecule has 1 N–H and O–H groups in total. The van der Waals surface area contributed by atoms with Gasteiger partial charge in [-0.1, -0.05) is 50.3 Å². The minimum Gasteiger partial charge on any atom is -0.394 e. The van der Waals surface area contributed by atoms with Crippen LogP contribution < -0.4 is 0 Å². The van der Waals surface area contributed by atoms with E-state index in [2.05, 4.69) is 39.2 Å². The van der Waals surface area contributed by atoms with Crippen LogP contribution in [0.3, 0.4) is 0 Å². The third kappa shape index (κ3) is 7.14. The molecule has 1 unspecified atom stereocenters. The van der Waals surface area contributed by atoms with E-state index in [0.717, 1.165) is 32.1 Å². The third-order valence-corrected chi connectivity index (χ3v) is 5.77. The van der Waals surface area contributed by atoms with Crippen molar-refractivity contribution in [1.29, 1.82) is 0 Å². The number of allylic oxidation sites excluding steroid dienone is 2. The van der Waals surface area contributed by atoms with Crippen LogP contribution in [-0.4, -0.2) is 41.9 Å². The molecule has 0 spiro atoms. The van der Waals surface area contributed by atoms with Crippen LogP contribution in [0.5, 0.6) is 0 Å².